The summed E-state index contributed by atoms with van der Waals surface area (Å²) < 4.78 is 44.0. The van der Waals surface area contributed by atoms with E-state index in [0.29, 0.717) is 105 Å². The second kappa shape index (κ2) is 33.9. The monoisotopic (exact) mass is 800 g/mol. The zero-order chi connectivity index (χ0) is 40.3. The fourth-order valence-electron chi connectivity index (χ4n) is 6.79. The average molecular weight is 800 g/mol. The molecule has 11 heteroatoms. The van der Waals surface area contributed by atoms with E-state index in [4.69, 9.17) is 37.9 Å². The molecule has 0 unspecified atom stereocenters. The number of amides is 1. The van der Waals surface area contributed by atoms with E-state index in [1.54, 1.807) is 0 Å². The number of ether oxygens (including phenoxy) is 8. The van der Waals surface area contributed by atoms with Gasteiger partial charge in [0.05, 0.1) is 72.7 Å². The number of unbranched alkanes of at least 4 members (excludes halogenated alkanes) is 12. The Morgan fingerprint density at radius 3 is 1.35 bits per heavy atom. The molecule has 0 atom stereocenters. The Balaban J connectivity index is 0.952. The Labute approximate surface area is 343 Å². The van der Waals surface area contributed by atoms with Crippen molar-refractivity contribution in [3.63, 3.8) is 0 Å². The molecule has 2 aromatic carbocycles. The molecule has 0 aliphatic heterocycles. The van der Waals surface area contributed by atoms with Crippen molar-refractivity contribution >= 4 is 12.1 Å². The van der Waals surface area contributed by atoms with E-state index < -0.39 is 6.09 Å². The number of carbonyl (C=O) groups excluding carboxylic acids is 2. The maximum atomic E-state index is 12.3. The predicted octanol–water partition coefficient (Wildman–Crippen LogP) is 9.04. The smallest absolute Gasteiger partial charge is 0.407 e. The van der Waals surface area contributed by atoms with Crippen LogP contribution in [0, 0.1) is 0 Å². The minimum atomic E-state index is -0.414. The summed E-state index contributed by atoms with van der Waals surface area (Å²) in [7, 11) is 0. The first-order valence-corrected chi connectivity index (χ1v) is 21.9. The molecule has 1 aliphatic carbocycles. The van der Waals surface area contributed by atoms with Crippen LogP contribution in [-0.2, 0) is 42.7 Å². The summed E-state index contributed by atoms with van der Waals surface area (Å²) in [6.07, 6.45) is 17.6. The molecular formula is C46H73NO10. The van der Waals surface area contributed by atoms with Crippen LogP contribution in [0.3, 0.4) is 0 Å². The molecule has 1 aliphatic rings. The number of esters is 1. The third kappa shape index (κ3) is 23.2. The number of hydrogen-bond acceptors (Lipinski definition) is 10. The molecular weight excluding hydrogens is 727 g/mol. The van der Waals surface area contributed by atoms with Crippen LogP contribution in [0.15, 0.2) is 48.5 Å². The molecule has 0 fully saturated rings. The lowest BCUT2D eigenvalue weighted by molar-refractivity contribution is -0.145. The quantitative estimate of drug-likeness (QED) is 0.0521. The molecule has 322 valence electrons. The summed E-state index contributed by atoms with van der Waals surface area (Å²) in [5.74, 6) is -0.0850. The Kier molecular flexibility index (Phi) is 28.7. The van der Waals surface area contributed by atoms with Gasteiger partial charge in [0.2, 0.25) is 0 Å². The number of benzene rings is 2. The molecule has 57 heavy (non-hydrogen) atoms. The van der Waals surface area contributed by atoms with E-state index in [0.717, 1.165) is 12.8 Å². The fraction of sp³-hybridized carbons (Fsp3) is 0.696. The van der Waals surface area contributed by atoms with Gasteiger partial charge in [-0.3, -0.25) is 4.79 Å². The Morgan fingerprint density at radius 1 is 0.474 bits per heavy atom. The van der Waals surface area contributed by atoms with Crippen LogP contribution in [-0.4, -0.2) is 111 Å². The summed E-state index contributed by atoms with van der Waals surface area (Å²) in [6, 6.07) is 16.6. The molecule has 3 rings (SSSR count). The highest BCUT2D eigenvalue weighted by molar-refractivity contribution is 5.79. The zero-order valence-electron chi connectivity index (χ0n) is 35.0. The van der Waals surface area contributed by atoms with E-state index in [-0.39, 0.29) is 18.5 Å². The number of alkyl carbamates (subject to hydrolysis) is 1. The van der Waals surface area contributed by atoms with Crippen molar-refractivity contribution in [1.82, 2.24) is 5.32 Å². The molecule has 0 aromatic heterocycles. The summed E-state index contributed by atoms with van der Waals surface area (Å²) in [5, 5.41) is 2.81. The molecule has 1 amide bonds. The largest absolute Gasteiger partial charge is 0.463 e. The number of hydrogen-bond donors (Lipinski definition) is 1. The highest BCUT2D eigenvalue weighted by Crippen LogP contribution is 2.44. The molecule has 0 bridgehead atoms. The van der Waals surface area contributed by atoms with Crippen LogP contribution in [0.4, 0.5) is 4.79 Å². The summed E-state index contributed by atoms with van der Waals surface area (Å²) in [6.45, 7) is 8.99. The summed E-state index contributed by atoms with van der Waals surface area (Å²) in [4.78, 5) is 24.2. The van der Waals surface area contributed by atoms with Crippen molar-refractivity contribution in [2.24, 2.45) is 0 Å². The van der Waals surface area contributed by atoms with Crippen LogP contribution >= 0.6 is 0 Å². The Morgan fingerprint density at radius 2 is 0.877 bits per heavy atom. The second-order valence-corrected chi connectivity index (χ2v) is 14.5. The normalized spacial score (nSPS) is 12.1. The van der Waals surface area contributed by atoms with Crippen molar-refractivity contribution in [2.75, 3.05) is 99.0 Å². The van der Waals surface area contributed by atoms with Gasteiger partial charge in [-0.25, -0.2) is 4.79 Å². The highest BCUT2D eigenvalue weighted by Gasteiger charge is 2.29. The van der Waals surface area contributed by atoms with Gasteiger partial charge in [0.1, 0.15) is 13.2 Å². The molecule has 0 heterocycles. The van der Waals surface area contributed by atoms with Crippen LogP contribution in [0.5, 0.6) is 0 Å². The molecule has 0 saturated heterocycles. The van der Waals surface area contributed by atoms with Crippen molar-refractivity contribution in [3.8, 4) is 11.1 Å². The fourth-order valence-corrected chi connectivity index (χ4v) is 6.79. The zero-order valence-corrected chi connectivity index (χ0v) is 35.0. The maximum Gasteiger partial charge on any atom is 0.407 e. The lowest BCUT2D eigenvalue weighted by atomic mass is 9.98. The van der Waals surface area contributed by atoms with Gasteiger partial charge in [0, 0.05) is 25.5 Å². The van der Waals surface area contributed by atoms with E-state index in [1.807, 2.05) is 24.3 Å². The van der Waals surface area contributed by atoms with E-state index in [1.165, 1.54) is 92.9 Å². The van der Waals surface area contributed by atoms with Crippen LogP contribution in [0.2, 0.25) is 0 Å². The molecule has 0 saturated carbocycles. The molecule has 11 nitrogen and oxygen atoms in total. The van der Waals surface area contributed by atoms with Crippen molar-refractivity contribution in [1.29, 1.82) is 0 Å². The number of nitrogens with one attached hydrogen (secondary N) is 1. The summed E-state index contributed by atoms with van der Waals surface area (Å²) >= 11 is 0. The standard InChI is InChI=1S/C46H73NO10/c1-2-3-4-5-6-7-8-9-10-11-12-13-14-24-45(48)56-38-37-55-36-35-54-34-33-53-32-31-52-30-29-51-28-27-50-26-19-25-47-46(49)57-39-44-42-22-17-15-20-40(42)41-21-16-18-23-43(41)44/h15-18,20-23,44H,2-14,19,24-39H2,1H3,(H,47,49). The van der Waals surface area contributed by atoms with Gasteiger partial charge in [-0.15, -0.1) is 0 Å². The number of fused-ring (bicyclic) bond motifs is 3. The molecule has 2 aromatic rings. The maximum absolute atomic E-state index is 12.3. The predicted molar refractivity (Wildman–Crippen MR) is 224 cm³/mol. The van der Waals surface area contributed by atoms with Gasteiger partial charge in [-0.2, -0.15) is 0 Å². The first kappa shape index (κ1) is 48.3. The first-order chi connectivity index (χ1) is 28.2. The lowest BCUT2D eigenvalue weighted by Crippen LogP contribution is -2.27. The van der Waals surface area contributed by atoms with Crippen molar-refractivity contribution < 1.29 is 47.5 Å². The Hall–Kier alpha value is -3.06. The Bertz CT molecular complexity index is 1250. The van der Waals surface area contributed by atoms with Gasteiger partial charge < -0.3 is 43.2 Å². The van der Waals surface area contributed by atoms with Crippen LogP contribution in [0.25, 0.3) is 11.1 Å². The van der Waals surface area contributed by atoms with Crippen molar-refractivity contribution in [3.05, 3.63) is 59.7 Å². The minimum Gasteiger partial charge on any atom is -0.463 e. The molecule has 1 N–H and O–H groups in total. The topological polar surface area (TPSA) is 120 Å². The third-order valence-electron chi connectivity index (χ3n) is 9.91. The van der Waals surface area contributed by atoms with Gasteiger partial charge in [0.15, 0.2) is 0 Å². The van der Waals surface area contributed by atoms with E-state index in [9.17, 15) is 9.59 Å². The third-order valence-corrected chi connectivity index (χ3v) is 9.91. The van der Waals surface area contributed by atoms with E-state index >= 15 is 0 Å². The lowest BCUT2D eigenvalue weighted by Gasteiger charge is -2.14. The van der Waals surface area contributed by atoms with Crippen LogP contribution < -0.4 is 5.32 Å². The van der Waals surface area contributed by atoms with Gasteiger partial charge in [0.25, 0.3) is 0 Å². The second-order valence-electron chi connectivity index (χ2n) is 14.5. The minimum absolute atomic E-state index is 0.0499. The van der Waals surface area contributed by atoms with Gasteiger partial charge >= 0.3 is 12.1 Å². The molecule has 0 radical (unpaired) electrons. The van der Waals surface area contributed by atoms with Crippen LogP contribution in [0.1, 0.15) is 120 Å². The first-order valence-electron chi connectivity index (χ1n) is 21.9. The van der Waals surface area contributed by atoms with E-state index in [2.05, 4.69) is 36.5 Å². The van der Waals surface area contributed by atoms with Gasteiger partial charge in [-0.1, -0.05) is 133 Å². The number of carbonyl (C=O) groups is 2. The SMILES string of the molecule is CCCCCCCCCCCCCCCC(=O)OCCOCCOCCOCCOCCOCCOCCCNC(=O)OCC1c2ccccc2-c2ccccc21. The summed E-state index contributed by atoms with van der Waals surface area (Å²) in [5.41, 5.74) is 4.81. The van der Waals surface area contributed by atoms with Crippen molar-refractivity contribution in [2.45, 2.75) is 109 Å². The van der Waals surface area contributed by atoms with Gasteiger partial charge in [-0.05, 0) is 35.1 Å². The molecule has 0 spiro atoms. The number of rotatable bonds is 38. The highest BCUT2D eigenvalue weighted by atomic mass is 16.6. The average Bonchev–Trinajstić information content (AvgIpc) is 3.55.